The highest BCUT2D eigenvalue weighted by molar-refractivity contribution is 6.20. The van der Waals surface area contributed by atoms with Crippen molar-refractivity contribution in [3.63, 3.8) is 0 Å². The Bertz CT molecular complexity index is 1910. The number of hydrogen-bond acceptors (Lipinski definition) is 6. The lowest BCUT2D eigenvalue weighted by Gasteiger charge is -2.17. The Morgan fingerprint density at radius 1 is 0.435 bits per heavy atom. The van der Waals surface area contributed by atoms with E-state index in [1.807, 2.05) is 24.5 Å². The van der Waals surface area contributed by atoms with E-state index in [-0.39, 0.29) is 0 Å². The molecule has 0 aliphatic rings. The molecule has 0 unspecified atom stereocenters. The van der Waals surface area contributed by atoms with E-state index >= 15 is 0 Å². The third kappa shape index (κ3) is 5.88. The van der Waals surface area contributed by atoms with Gasteiger partial charge in [-0.15, -0.1) is 0 Å². The molecular weight excluding hydrogens is 564 g/mol. The van der Waals surface area contributed by atoms with E-state index in [1.54, 1.807) is 0 Å². The molecule has 46 heavy (non-hydrogen) atoms. The fourth-order valence-electron chi connectivity index (χ4n) is 6.21. The summed E-state index contributed by atoms with van der Waals surface area (Å²) in [6, 6.07) is 38.1. The van der Waals surface area contributed by atoms with Crippen LogP contribution >= 0.6 is 0 Å². The van der Waals surface area contributed by atoms with Crippen LogP contribution in [0.4, 0.5) is 0 Å². The van der Waals surface area contributed by atoms with E-state index < -0.39 is 0 Å². The van der Waals surface area contributed by atoms with E-state index in [2.05, 4.69) is 107 Å². The number of nitrogens with zero attached hydrogens (tertiary/aromatic N) is 4. The summed E-state index contributed by atoms with van der Waals surface area (Å²) in [7, 11) is 0. The van der Waals surface area contributed by atoms with E-state index in [4.69, 9.17) is 21.4 Å². The van der Waals surface area contributed by atoms with Gasteiger partial charge in [0.2, 0.25) is 0 Å². The minimum atomic E-state index is 0.690. The number of hydrogen-bond donors (Lipinski definition) is 2. The predicted octanol–water partition coefficient (Wildman–Crippen LogP) is 8.02. The smallest absolute Gasteiger partial charge is 0.159 e. The van der Waals surface area contributed by atoms with Gasteiger partial charge in [0.15, 0.2) is 11.6 Å². The molecule has 0 radical (unpaired) electrons. The molecule has 7 aromatic rings. The molecule has 0 amide bonds. The van der Waals surface area contributed by atoms with Crippen LogP contribution in [0.15, 0.2) is 122 Å². The van der Waals surface area contributed by atoms with Crippen molar-refractivity contribution in [2.24, 2.45) is 11.5 Å². The van der Waals surface area contributed by atoms with Crippen molar-refractivity contribution < 1.29 is 0 Å². The maximum absolute atomic E-state index is 5.71. The number of benzene rings is 5. The molecule has 2 heterocycles. The van der Waals surface area contributed by atoms with Crippen LogP contribution in [0.25, 0.3) is 66.8 Å². The molecule has 6 nitrogen and oxygen atoms in total. The molecular formula is C40H36N6. The van der Waals surface area contributed by atoms with Crippen LogP contribution in [0.5, 0.6) is 0 Å². The van der Waals surface area contributed by atoms with Crippen LogP contribution in [0, 0.1) is 0 Å². The molecule has 0 saturated heterocycles. The van der Waals surface area contributed by atoms with Gasteiger partial charge in [-0.2, -0.15) is 0 Å². The molecule has 5 aromatic carbocycles. The first-order chi connectivity index (χ1) is 22.7. The summed E-state index contributed by atoms with van der Waals surface area (Å²) in [6.07, 6.45) is 7.60. The Labute approximate surface area is 269 Å². The highest BCUT2D eigenvalue weighted by atomic mass is 14.9. The summed E-state index contributed by atoms with van der Waals surface area (Å²) >= 11 is 0. The lowest BCUT2D eigenvalue weighted by Crippen LogP contribution is -2.00. The molecule has 0 saturated carbocycles. The zero-order valence-electron chi connectivity index (χ0n) is 25.7. The average Bonchev–Trinajstić information content (AvgIpc) is 3.12. The summed E-state index contributed by atoms with van der Waals surface area (Å²) in [5.74, 6) is 1.41. The first-order valence-electron chi connectivity index (χ1n) is 15.9. The fourth-order valence-corrected chi connectivity index (χ4v) is 6.21. The third-order valence-electron chi connectivity index (χ3n) is 8.52. The van der Waals surface area contributed by atoms with Crippen molar-refractivity contribution >= 4 is 21.5 Å². The van der Waals surface area contributed by atoms with E-state index in [0.29, 0.717) is 24.7 Å². The second kappa shape index (κ2) is 13.4. The van der Waals surface area contributed by atoms with Crippen LogP contribution in [0.1, 0.15) is 24.0 Å². The van der Waals surface area contributed by atoms with Crippen LogP contribution in [0.3, 0.4) is 0 Å². The summed E-state index contributed by atoms with van der Waals surface area (Å²) in [4.78, 5) is 19.6. The van der Waals surface area contributed by atoms with Crippen LogP contribution < -0.4 is 11.5 Å². The van der Waals surface area contributed by atoms with Gasteiger partial charge in [0, 0.05) is 34.6 Å². The molecule has 0 aliphatic carbocycles. The van der Waals surface area contributed by atoms with Gasteiger partial charge in [-0.05, 0) is 83.6 Å². The molecule has 6 heteroatoms. The Kier molecular flexibility index (Phi) is 8.55. The summed E-state index contributed by atoms with van der Waals surface area (Å²) in [5, 5.41) is 4.45. The van der Waals surface area contributed by atoms with Gasteiger partial charge in [0.1, 0.15) is 0 Å². The predicted molar refractivity (Wildman–Crippen MR) is 189 cm³/mol. The van der Waals surface area contributed by atoms with E-state index in [9.17, 15) is 0 Å². The van der Waals surface area contributed by atoms with Gasteiger partial charge in [0.05, 0.1) is 11.4 Å². The van der Waals surface area contributed by atoms with Crippen molar-refractivity contribution in [3.05, 3.63) is 133 Å². The molecule has 0 atom stereocenters. The molecule has 4 N–H and O–H groups in total. The maximum atomic E-state index is 5.71. The quantitative estimate of drug-likeness (QED) is 0.154. The molecule has 226 valence electrons. The Hall–Kier alpha value is -5.30. The topological polar surface area (TPSA) is 104 Å². The number of nitrogens with two attached hydrogens (primary N) is 2. The van der Waals surface area contributed by atoms with Crippen molar-refractivity contribution in [2.75, 3.05) is 13.1 Å². The highest BCUT2D eigenvalue weighted by Crippen LogP contribution is 2.43. The Morgan fingerprint density at radius 2 is 0.804 bits per heavy atom. The second-order valence-electron chi connectivity index (χ2n) is 11.6. The summed E-state index contributed by atoms with van der Waals surface area (Å²) in [6.45, 7) is 1.38. The largest absolute Gasteiger partial charge is 0.330 e. The Morgan fingerprint density at radius 3 is 1.15 bits per heavy atom. The van der Waals surface area contributed by atoms with Gasteiger partial charge in [-0.3, -0.25) is 0 Å². The average molecular weight is 601 g/mol. The third-order valence-corrected chi connectivity index (χ3v) is 8.52. The number of aryl methyl sites for hydroxylation is 2. The molecule has 7 rings (SSSR count). The van der Waals surface area contributed by atoms with Crippen LogP contribution in [-0.2, 0) is 12.8 Å². The lowest BCUT2D eigenvalue weighted by molar-refractivity contribution is 0.833. The van der Waals surface area contributed by atoms with E-state index in [0.717, 1.165) is 80.9 Å². The monoisotopic (exact) mass is 600 g/mol. The highest BCUT2D eigenvalue weighted by Gasteiger charge is 2.19. The summed E-state index contributed by atoms with van der Waals surface area (Å²) < 4.78 is 0. The van der Waals surface area contributed by atoms with Crippen LogP contribution in [0.2, 0.25) is 0 Å². The van der Waals surface area contributed by atoms with Crippen molar-refractivity contribution in [1.82, 2.24) is 19.9 Å². The fraction of sp³-hybridized carbons (Fsp3) is 0.150. The summed E-state index contributed by atoms with van der Waals surface area (Å²) in [5.41, 5.74) is 19.9. The molecule has 0 bridgehead atoms. The van der Waals surface area contributed by atoms with Crippen molar-refractivity contribution in [1.29, 1.82) is 0 Å². The minimum Gasteiger partial charge on any atom is -0.330 e. The van der Waals surface area contributed by atoms with Gasteiger partial charge < -0.3 is 11.5 Å². The number of fused-ring (bicyclic) bond motifs is 2. The normalized spacial score (nSPS) is 11.3. The number of rotatable bonds is 10. The first kappa shape index (κ1) is 29.4. The van der Waals surface area contributed by atoms with Crippen molar-refractivity contribution in [3.8, 4) is 45.3 Å². The van der Waals surface area contributed by atoms with E-state index in [1.165, 1.54) is 11.1 Å². The van der Waals surface area contributed by atoms with Gasteiger partial charge in [-0.25, -0.2) is 19.9 Å². The molecule has 0 aliphatic heterocycles. The Balaban J connectivity index is 1.35. The molecule has 0 fully saturated rings. The van der Waals surface area contributed by atoms with Crippen molar-refractivity contribution in [2.45, 2.75) is 25.7 Å². The van der Waals surface area contributed by atoms with Gasteiger partial charge >= 0.3 is 0 Å². The second-order valence-corrected chi connectivity index (χ2v) is 11.6. The maximum Gasteiger partial charge on any atom is 0.159 e. The van der Waals surface area contributed by atoms with Gasteiger partial charge in [0.25, 0.3) is 0 Å². The number of aromatic nitrogens is 4. The first-order valence-corrected chi connectivity index (χ1v) is 15.9. The SMILES string of the molecule is NCCCc1ccc(-c2nccc(-c3c4ccccc4c(-c4ccnc(-c5ccc(CCCN)cc5)n4)c4ccccc34)n2)cc1. The molecule has 2 aromatic heterocycles. The minimum absolute atomic E-state index is 0.690. The standard InChI is InChI=1S/C40H36N6/c41-23-5-7-27-13-17-29(18-14-27)39-43-25-21-35(45-39)37-31-9-1-2-10-32(31)38(34-12-4-3-11-33(34)37)36-22-26-44-40(46-36)30-19-15-28(16-20-30)8-6-24-42/h1-4,9-22,25-26H,5-8,23-24,41-42H2. The zero-order valence-corrected chi connectivity index (χ0v) is 25.7. The lowest BCUT2D eigenvalue weighted by atomic mass is 9.89. The van der Waals surface area contributed by atoms with Gasteiger partial charge in [-0.1, -0.05) is 97.1 Å². The molecule has 0 spiro atoms. The zero-order chi connectivity index (χ0) is 31.3. The van der Waals surface area contributed by atoms with Crippen LogP contribution in [-0.4, -0.2) is 33.0 Å².